The van der Waals surface area contributed by atoms with Crippen molar-refractivity contribution in [3.8, 4) is 0 Å². The number of para-hydroxylation sites is 1. The summed E-state index contributed by atoms with van der Waals surface area (Å²) in [4.78, 5) is 20.7. The van der Waals surface area contributed by atoms with Gasteiger partial charge in [-0.15, -0.1) is 0 Å². The van der Waals surface area contributed by atoms with Gasteiger partial charge in [-0.1, -0.05) is 32.0 Å². The van der Waals surface area contributed by atoms with Gasteiger partial charge in [0, 0.05) is 12.2 Å². The number of benzene rings is 1. The molecule has 0 spiro atoms. The standard InChI is InChI=1S/C17H22N4O/c1-11(2)8-19-15-10-18-14(9-20-15)17(22)21-16-12(3)6-5-7-13(16)4/h5-7,9-11H,8H2,1-4H3,(H,19,20)(H,21,22). The van der Waals surface area contributed by atoms with Crippen LogP contribution in [0, 0.1) is 19.8 Å². The fourth-order valence-electron chi connectivity index (χ4n) is 2.03. The highest BCUT2D eigenvalue weighted by atomic mass is 16.1. The Labute approximate surface area is 131 Å². The van der Waals surface area contributed by atoms with Gasteiger partial charge >= 0.3 is 0 Å². The Kier molecular flexibility index (Phi) is 5.09. The SMILES string of the molecule is Cc1cccc(C)c1NC(=O)c1cnc(NCC(C)C)cn1. The molecule has 0 bridgehead atoms. The van der Waals surface area contributed by atoms with Gasteiger partial charge in [-0.25, -0.2) is 9.97 Å². The number of rotatable bonds is 5. The van der Waals surface area contributed by atoms with Gasteiger partial charge in [0.25, 0.3) is 5.91 Å². The van der Waals surface area contributed by atoms with Crippen LogP contribution in [-0.4, -0.2) is 22.4 Å². The van der Waals surface area contributed by atoms with E-state index in [9.17, 15) is 4.79 Å². The topological polar surface area (TPSA) is 66.9 Å². The van der Waals surface area contributed by atoms with Crippen LogP contribution in [0.2, 0.25) is 0 Å². The summed E-state index contributed by atoms with van der Waals surface area (Å²) in [5, 5.41) is 6.08. The lowest BCUT2D eigenvalue weighted by molar-refractivity contribution is 0.102. The van der Waals surface area contributed by atoms with Crippen molar-refractivity contribution in [3.63, 3.8) is 0 Å². The lowest BCUT2D eigenvalue weighted by Gasteiger charge is -2.11. The Morgan fingerprint density at radius 1 is 1.14 bits per heavy atom. The van der Waals surface area contributed by atoms with Gasteiger partial charge in [0.15, 0.2) is 0 Å². The first kappa shape index (κ1) is 15.9. The molecule has 2 N–H and O–H groups in total. The van der Waals surface area contributed by atoms with E-state index in [1.54, 1.807) is 6.20 Å². The van der Waals surface area contributed by atoms with Crippen LogP contribution in [-0.2, 0) is 0 Å². The van der Waals surface area contributed by atoms with Gasteiger partial charge in [-0.2, -0.15) is 0 Å². The van der Waals surface area contributed by atoms with Gasteiger partial charge in [0.05, 0.1) is 12.4 Å². The number of nitrogens with zero attached hydrogens (tertiary/aromatic N) is 2. The number of carbonyl (C=O) groups is 1. The minimum Gasteiger partial charge on any atom is -0.369 e. The number of aryl methyl sites for hydroxylation is 2. The highest BCUT2D eigenvalue weighted by molar-refractivity contribution is 6.03. The lowest BCUT2D eigenvalue weighted by atomic mass is 10.1. The predicted octanol–water partition coefficient (Wildman–Crippen LogP) is 3.41. The Balaban J connectivity index is 2.07. The highest BCUT2D eigenvalue weighted by Gasteiger charge is 2.11. The van der Waals surface area contributed by atoms with Crippen LogP contribution in [0.15, 0.2) is 30.6 Å². The molecule has 0 radical (unpaired) electrons. The number of hydrogen-bond acceptors (Lipinski definition) is 4. The van der Waals surface area contributed by atoms with Crippen molar-refractivity contribution in [3.05, 3.63) is 47.4 Å². The van der Waals surface area contributed by atoms with Crippen LogP contribution in [0.4, 0.5) is 11.5 Å². The summed E-state index contributed by atoms with van der Waals surface area (Å²) in [6.07, 6.45) is 3.08. The smallest absolute Gasteiger partial charge is 0.275 e. The van der Waals surface area contributed by atoms with Crippen LogP contribution >= 0.6 is 0 Å². The zero-order valence-electron chi connectivity index (χ0n) is 13.5. The summed E-state index contributed by atoms with van der Waals surface area (Å²) in [7, 11) is 0. The van der Waals surface area contributed by atoms with Crippen LogP contribution in [0.1, 0.15) is 35.5 Å². The van der Waals surface area contributed by atoms with Crippen LogP contribution in [0.5, 0.6) is 0 Å². The average Bonchev–Trinajstić information content (AvgIpc) is 2.49. The number of amides is 1. The van der Waals surface area contributed by atoms with E-state index in [2.05, 4.69) is 34.4 Å². The number of carbonyl (C=O) groups excluding carboxylic acids is 1. The Bertz CT molecular complexity index is 630. The molecule has 5 nitrogen and oxygen atoms in total. The Hall–Kier alpha value is -2.43. The van der Waals surface area contributed by atoms with E-state index in [1.807, 2.05) is 32.0 Å². The third-order valence-electron chi connectivity index (χ3n) is 3.30. The molecule has 1 amide bonds. The van der Waals surface area contributed by atoms with E-state index in [-0.39, 0.29) is 5.91 Å². The molecule has 116 valence electrons. The van der Waals surface area contributed by atoms with Gasteiger partial charge < -0.3 is 10.6 Å². The molecule has 2 aromatic rings. The third-order valence-corrected chi connectivity index (χ3v) is 3.30. The molecule has 0 saturated carbocycles. The quantitative estimate of drug-likeness (QED) is 0.887. The van der Waals surface area contributed by atoms with Gasteiger partial charge in [-0.3, -0.25) is 4.79 Å². The molecule has 0 aliphatic heterocycles. The molecule has 0 atom stereocenters. The van der Waals surface area contributed by atoms with Crippen molar-refractivity contribution >= 4 is 17.4 Å². The molecule has 0 aliphatic rings. The maximum absolute atomic E-state index is 12.3. The van der Waals surface area contributed by atoms with Crippen LogP contribution in [0.3, 0.4) is 0 Å². The van der Waals surface area contributed by atoms with Crippen LogP contribution in [0.25, 0.3) is 0 Å². The third kappa shape index (κ3) is 4.04. The first-order valence-electron chi connectivity index (χ1n) is 7.41. The highest BCUT2D eigenvalue weighted by Crippen LogP contribution is 2.20. The largest absolute Gasteiger partial charge is 0.369 e. The van der Waals surface area contributed by atoms with E-state index < -0.39 is 0 Å². The van der Waals surface area contributed by atoms with Crippen molar-refractivity contribution in [1.29, 1.82) is 0 Å². The second kappa shape index (κ2) is 7.02. The first-order chi connectivity index (χ1) is 10.5. The van der Waals surface area contributed by atoms with Gasteiger partial charge in [-0.05, 0) is 30.9 Å². The molecule has 22 heavy (non-hydrogen) atoms. The van der Waals surface area contributed by atoms with Crippen molar-refractivity contribution in [2.75, 3.05) is 17.2 Å². The summed E-state index contributed by atoms with van der Waals surface area (Å²) < 4.78 is 0. The van der Waals surface area contributed by atoms with E-state index in [0.717, 1.165) is 23.4 Å². The molecule has 1 aromatic carbocycles. The number of nitrogens with one attached hydrogen (secondary N) is 2. The maximum Gasteiger partial charge on any atom is 0.275 e. The zero-order chi connectivity index (χ0) is 16.1. The first-order valence-corrected chi connectivity index (χ1v) is 7.41. The summed E-state index contributed by atoms with van der Waals surface area (Å²) in [6, 6.07) is 5.90. The molecule has 0 fully saturated rings. The fourth-order valence-corrected chi connectivity index (χ4v) is 2.03. The van der Waals surface area contributed by atoms with E-state index in [4.69, 9.17) is 0 Å². The molecule has 2 rings (SSSR count). The molecular formula is C17H22N4O. The Morgan fingerprint density at radius 3 is 2.36 bits per heavy atom. The van der Waals surface area contributed by atoms with E-state index in [0.29, 0.717) is 17.4 Å². The maximum atomic E-state index is 12.3. The monoisotopic (exact) mass is 298 g/mol. The molecule has 1 aromatic heterocycles. The van der Waals surface area contributed by atoms with Crippen molar-refractivity contribution in [1.82, 2.24) is 9.97 Å². The summed E-state index contributed by atoms with van der Waals surface area (Å²) >= 11 is 0. The van der Waals surface area contributed by atoms with Crippen molar-refractivity contribution in [2.24, 2.45) is 5.92 Å². The summed E-state index contributed by atoms with van der Waals surface area (Å²) in [6.45, 7) is 8.99. The van der Waals surface area contributed by atoms with Gasteiger partial charge in [0.1, 0.15) is 11.5 Å². The van der Waals surface area contributed by atoms with Crippen LogP contribution < -0.4 is 10.6 Å². The fraction of sp³-hybridized carbons (Fsp3) is 0.353. The van der Waals surface area contributed by atoms with Crippen molar-refractivity contribution in [2.45, 2.75) is 27.7 Å². The Morgan fingerprint density at radius 2 is 1.82 bits per heavy atom. The number of anilines is 2. The van der Waals surface area contributed by atoms with Crippen molar-refractivity contribution < 1.29 is 4.79 Å². The van der Waals surface area contributed by atoms with E-state index >= 15 is 0 Å². The summed E-state index contributed by atoms with van der Waals surface area (Å²) in [5.41, 5.74) is 3.18. The predicted molar refractivity (Wildman–Crippen MR) is 89.2 cm³/mol. The number of aromatic nitrogens is 2. The van der Waals surface area contributed by atoms with E-state index in [1.165, 1.54) is 6.20 Å². The molecule has 0 unspecified atom stereocenters. The minimum absolute atomic E-state index is 0.250. The molecular weight excluding hydrogens is 276 g/mol. The zero-order valence-corrected chi connectivity index (χ0v) is 13.5. The average molecular weight is 298 g/mol. The lowest BCUT2D eigenvalue weighted by Crippen LogP contribution is -2.16. The molecule has 1 heterocycles. The second-order valence-electron chi connectivity index (χ2n) is 5.78. The normalized spacial score (nSPS) is 10.6. The second-order valence-corrected chi connectivity index (χ2v) is 5.78. The molecule has 0 aliphatic carbocycles. The molecule has 5 heteroatoms. The minimum atomic E-state index is -0.250. The molecule has 0 saturated heterocycles. The summed E-state index contributed by atoms with van der Waals surface area (Å²) in [5.74, 6) is 0.950. The number of hydrogen-bond donors (Lipinski definition) is 2. The van der Waals surface area contributed by atoms with Gasteiger partial charge in [0.2, 0.25) is 0 Å².